The number of nitrogens with one attached hydrogen (secondary N) is 9. The number of methoxy groups -OCH3 is 3. The SMILES string of the molecule is CC(=O)CBr.COC(=O)[C@](C)(Cc1c[nH]c2ccccc12)NC(N)=O.COC(=O)[C@](C)(Cc1c[nH]c2ccccc12)Nc1nc(C)co1.COc1ccc(C2(CNC(=O)[C@](C)(Cc3c[nH]c4ccccc34)Nc3nc(C)co3)CCCCC2)nc1.Cc1coc(N[C@@](C)(Cc2c[nH]c3ccccc23)C(=O)O)n1. The van der Waals surface area contributed by atoms with Crippen molar-refractivity contribution in [2.45, 2.75) is 141 Å². The first-order valence-electron chi connectivity index (χ1n) is 34.8. The Labute approximate surface area is 627 Å². The number of aliphatic carboxylic acids is 1. The summed E-state index contributed by atoms with van der Waals surface area (Å²) in [5, 5.41) is 29.3. The van der Waals surface area contributed by atoms with Gasteiger partial charge < -0.3 is 84.8 Å². The molecule has 564 valence electrons. The molecule has 12 N–H and O–H groups in total. The van der Waals surface area contributed by atoms with E-state index in [4.69, 9.17) is 38.2 Å². The van der Waals surface area contributed by atoms with Crippen molar-refractivity contribution < 1.29 is 61.3 Å². The number of fused-ring (bicyclic) bond motifs is 4. The molecule has 8 aromatic heterocycles. The Morgan fingerprint density at radius 3 is 1.25 bits per heavy atom. The number of carbonyl (C=O) groups is 6. The van der Waals surface area contributed by atoms with Crippen molar-refractivity contribution in [2.24, 2.45) is 5.73 Å². The number of aryl methyl sites for hydroxylation is 3. The monoisotopic (exact) mass is 1520 g/mol. The lowest BCUT2D eigenvalue weighted by molar-refractivity contribution is -0.147. The average molecular weight is 1530 g/mol. The van der Waals surface area contributed by atoms with Crippen LogP contribution in [0, 0.1) is 20.8 Å². The van der Waals surface area contributed by atoms with Gasteiger partial charge in [0.2, 0.25) is 5.91 Å². The van der Waals surface area contributed by atoms with Gasteiger partial charge in [0.15, 0.2) is 0 Å². The number of esters is 2. The molecule has 1 aliphatic rings. The van der Waals surface area contributed by atoms with Gasteiger partial charge in [-0.05, 0) is 127 Å². The predicted octanol–water partition coefficient (Wildman–Crippen LogP) is 13.6. The van der Waals surface area contributed by atoms with E-state index < -0.39 is 40.1 Å². The number of alkyl halides is 1. The second-order valence-electron chi connectivity index (χ2n) is 27.5. The fourth-order valence-electron chi connectivity index (χ4n) is 13.0. The Morgan fingerprint density at radius 2 is 0.907 bits per heavy atom. The molecule has 107 heavy (non-hydrogen) atoms. The highest BCUT2D eigenvalue weighted by atomic mass is 79.9. The number of ether oxygens (including phenoxy) is 3. The van der Waals surface area contributed by atoms with Crippen molar-refractivity contribution in [3.05, 3.63) is 204 Å². The van der Waals surface area contributed by atoms with E-state index in [1.54, 1.807) is 47.3 Å². The molecule has 0 radical (unpaired) electrons. The van der Waals surface area contributed by atoms with Crippen LogP contribution in [-0.4, -0.2) is 136 Å². The molecule has 1 fully saturated rings. The van der Waals surface area contributed by atoms with Crippen molar-refractivity contribution in [1.29, 1.82) is 0 Å². The molecule has 0 unspecified atom stereocenters. The number of nitrogens with two attached hydrogens (primary N) is 1. The molecular weight excluding hydrogens is 1430 g/mol. The highest BCUT2D eigenvalue weighted by Gasteiger charge is 2.42. The average Bonchev–Trinajstić information content (AvgIpc) is 1.67. The summed E-state index contributed by atoms with van der Waals surface area (Å²) in [6, 6.07) is 35.7. The highest BCUT2D eigenvalue weighted by molar-refractivity contribution is 9.09. The number of ketones is 1. The van der Waals surface area contributed by atoms with Gasteiger partial charge in [-0.2, -0.15) is 15.0 Å². The second kappa shape index (κ2) is 35.4. The van der Waals surface area contributed by atoms with Crippen molar-refractivity contribution in [3.8, 4) is 5.75 Å². The van der Waals surface area contributed by atoms with Crippen LogP contribution in [0.2, 0.25) is 0 Å². The van der Waals surface area contributed by atoms with Crippen molar-refractivity contribution in [3.63, 3.8) is 0 Å². The summed E-state index contributed by atoms with van der Waals surface area (Å²) in [5.74, 6) is -1.08. The van der Waals surface area contributed by atoms with Crippen LogP contribution in [0.5, 0.6) is 5.75 Å². The minimum Gasteiger partial charge on any atom is -0.495 e. The predicted molar refractivity (Wildman–Crippen MR) is 414 cm³/mol. The van der Waals surface area contributed by atoms with Crippen LogP contribution in [0.25, 0.3) is 43.6 Å². The van der Waals surface area contributed by atoms with Gasteiger partial charge in [-0.15, -0.1) is 0 Å². The van der Waals surface area contributed by atoms with Crippen molar-refractivity contribution >= 4 is 113 Å². The molecule has 27 nitrogen and oxygen atoms in total. The molecule has 0 saturated heterocycles. The smallest absolute Gasteiger partial charge is 0.331 e. The topological polar surface area (TPSA) is 391 Å². The molecule has 3 amide bonds. The van der Waals surface area contributed by atoms with E-state index in [0.29, 0.717) is 48.9 Å². The first-order chi connectivity index (χ1) is 51.1. The lowest BCUT2D eigenvalue weighted by Crippen LogP contribution is -2.55. The molecule has 1 saturated carbocycles. The number of carboxylic acid groups (broad SMARTS) is 1. The molecule has 4 atom stereocenters. The fraction of sp³-hybridized carbons (Fsp3) is 0.342. The maximum absolute atomic E-state index is 14.0. The van der Waals surface area contributed by atoms with E-state index in [-0.39, 0.29) is 35.5 Å². The van der Waals surface area contributed by atoms with Crippen LogP contribution in [0.1, 0.15) is 112 Å². The Kier molecular flexibility index (Phi) is 26.3. The first-order valence-corrected chi connectivity index (χ1v) is 35.9. The number of Topliss-reactive ketones (excluding diaryl/α,β-unsaturated/α-hetero) is 1. The first kappa shape index (κ1) is 79.4. The zero-order chi connectivity index (χ0) is 77.1. The van der Waals surface area contributed by atoms with Crippen LogP contribution in [0.3, 0.4) is 0 Å². The number of carbonyl (C=O) groups excluding carboxylic acids is 5. The van der Waals surface area contributed by atoms with Gasteiger partial charge in [0.25, 0.3) is 18.0 Å². The third kappa shape index (κ3) is 20.2. The number of oxazole rings is 3. The highest BCUT2D eigenvalue weighted by Crippen LogP contribution is 2.39. The number of nitrogens with zero attached hydrogens (tertiary/aromatic N) is 4. The Morgan fingerprint density at radius 1 is 0.542 bits per heavy atom. The maximum Gasteiger partial charge on any atom is 0.331 e. The number of hydrogen-bond donors (Lipinski definition) is 11. The van der Waals surface area contributed by atoms with Crippen LogP contribution in [0.4, 0.5) is 22.8 Å². The number of para-hydroxylation sites is 4. The largest absolute Gasteiger partial charge is 0.495 e. The van der Waals surface area contributed by atoms with E-state index in [2.05, 4.69) is 83.5 Å². The summed E-state index contributed by atoms with van der Waals surface area (Å²) in [6.07, 6.45) is 20.8. The van der Waals surface area contributed by atoms with Crippen molar-refractivity contribution in [2.75, 3.05) is 49.2 Å². The van der Waals surface area contributed by atoms with E-state index in [1.807, 2.05) is 149 Å². The Bertz CT molecular complexity index is 4990. The molecule has 8 heterocycles. The molecule has 0 spiro atoms. The van der Waals surface area contributed by atoms with Gasteiger partial charge in [0, 0.05) is 112 Å². The molecule has 13 rings (SSSR count). The molecule has 0 bridgehead atoms. The van der Waals surface area contributed by atoms with Gasteiger partial charge in [0.05, 0.1) is 49.9 Å². The second-order valence-corrected chi connectivity index (χ2v) is 28.0. The zero-order valence-electron chi connectivity index (χ0n) is 61.9. The van der Waals surface area contributed by atoms with Crippen LogP contribution in [0.15, 0.2) is 172 Å². The number of aromatic nitrogens is 8. The number of pyridine rings is 1. The zero-order valence-corrected chi connectivity index (χ0v) is 63.5. The van der Waals surface area contributed by atoms with E-state index >= 15 is 0 Å². The number of anilines is 3. The lowest BCUT2D eigenvalue weighted by Gasteiger charge is -2.38. The summed E-state index contributed by atoms with van der Waals surface area (Å²) < 4.78 is 31.2. The third-order valence-electron chi connectivity index (χ3n) is 18.6. The van der Waals surface area contributed by atoms with E-state index in [1.165, 1.54) is 40.1 Å². The maximum atomic E-state index is 14.0. The summed E-state index contributed by atoms with van der Waals surface area (Å²) in [7, 11) is 4.29. The minimum absolute atomic E-state index is 0.105. The number of amides is 3. The summed E-state index contributed by atoms with van der Waals surface area (Å²) in [5.41, 5.74) is 11.6. The van der Waals surface area contributed by atoms with Gasteiger partial charge in [0.1, 0.15) is 52.5 Å². The molecule has 12 aromatic rings. The van der Waals surface area contributed by atoms with E-state index in [9.17, 15) is 33.9 Å². The number of aromatic amines is 4. The normalized spacial score (nSPS) is 14.5. The molecular formula is C79H93BrN14O13. The number of urea groups is 1. The molecule has 1 aliphatic carbocycles. The lowest BCUT2D eigenvalue weighted by atomic mass is 9.71. The van der Waals surface area contributed by atoms with Crippen molar-refractivity contribution in [1.82, 2.24) is 50.5 Å². The van der Waals surface area contributed by atoms with E-state index in [0.717, 1.165) is 114 Å². The number of halogens is 1. The molecule has 4 aromatic carbocycles. The summed E-state index contributed by atoms with van der Waals surface area (Å²) in [6.45, 7) is 14.4. The molecule has 28 heteroatoms. The van der Waals surface area contributed by atoms with Crippen LogP contribution < -0.4 is 37.1 Å². The number of benzene rings is 4. The van der Waals surface area contributed by atoms with Gasteiger partial charge >= 0.3 is 23.9 Å². The number of carboxylic acids is 1. The van der Waals surface area contributed by atoms with Gasteiger partial charge in [-0.25, -0.2) is 19.2 Å². The Hall–Kier alpha value is -11.7. The fourth-order valence-corrected chi connectivity index (χ4v) is 13.0. The van der Waals surface area contributed by atoms with Crippen LogP contribution >= 0.6 is 15.9 Å². The van der Waals surface area contributed by atoms with Gasteiger partial charge in [-0.1, -0.05) is 108 Å². The number of rotatable bonds is 24. The number of H-pyrrole nitrogens is 4. The summed E-state index contributed by atoms with van der Waals surface area (Å²) >= 11 is 2.96. The van der Waals surface area contributed by atoms with Crippen LogP contribution in [-0.2, 0) is 64.5 Å². The summed E-state index contributed by atoms with van der Waals surface area (Å²) in [4.78, 5) is 101. The standard InChI is InChI=1S/C29H35N5O3.C17H19N3O3.C16H17N3O3.C14H17N3O3.C3H5BrO/c1-20-18-37-27(33-20)34-28(2,15-21-16-30-24-10-6-5-9-23(21)24)26(35)32-19-29(13-7-4-8-14-29)25-12-11-22(36-3)17-31-25;1-11-10-23-16(19-11)20-17(2,15(21)22-3)8-12-9-18-14-7-5-4-6-13(12)14;1-10-9-22-15(18-10)19-16(2,14(20)21)7-11-8-17-13-6-4-3-5-12(11)13;1-14(12(18)20-2,17-13(15)19)7-9-8-16-11-6-4-3-5-10(9)11;1-3(5)2-4/h5-6,9-12,16-18,30H,4,7-8,13-15,19H2,1-3H3,(H,32,35)(H,33,34);4-7,9-10,18H,8H2,1-3H3,(H,19,20);3-6,8-9,17H,7H2,1-2H3,(H,18,19)(H,20,21);3-6,8,16H,7H2,1-2H3,(H3,15,17,19);2H2,1H3/t28-;17-;16-;14-;/m0000./s1. The third-order valence-corrected chi connectivity index (χ3v) is 19.4. The Balaban J connectivity index is 0.000000166. The minimum atomic E-state index is -1.22. The number of hydrogen-bond acceptors (Lipinski definition) is 19. The number of primary amides is 1. The quantitative estimate of drug-likeness (QED) is 0.0198. The molecule has 0 aliphatic heterocycles. The van der Waals surface area contributed by atoms with Gasteiger partial charge in [-0.3, -0.25) is 14.6 Å².